The Morgan fingerprint density at radius 2 is 1.95 bits per heavy atom. The Kier molecular flexibility index (Phi) is 7.43. The molecule has 4 aromatic heterocycles. The topological polar surface area (TPSA) is 118 Å². The van der Waals surface area contributed by atoms with Crippen molar-refractivity contribution in [3.8, 4) is 0 Å². The molecule has 1 fully saturated rings. The molecule has 40 heavy (non-hydrogen) atoms. The molecule has 4 heterocycles. The van der Waals surface area contributed by atoms with Gasteiger partial charge in [-0.05, 0) is 49.1 Å². The molecule has 0 saturated heterocycles. The van der Waals surface area contributed by atoms with Crippen LogP contribution in [0.4, 0.5) is 5.13 Å². The molecule has 0 aliphatic heterocycles. The molecule has 0 atom stereocenters. The number of rotatable bonds is 6. The van der Waals surface area contributed by atoms with Gasteiger partial charge in [-0.25, -0.2) is 4.98 Å². The van der Waals surface area contributed by atoms with Crippen molar-refractivity contribution in [2.45, 2.75) is 55.2 Å². The number of nitrogens with zero attached hydrogens (tertiary/aromatic N) is 5. The zero-order chi connectivity index (χ0) is 27.8. The van der Waals surface area contributed by atoms with Gasteiger partial charge >= 0.3 is 0 Å². The Balaban J connectivity index is 1.36. The predicted octanol–water partition coefficient (Wildman–Crippen LogP) is 5.99. The van der Waals surface area contributed by atoms with Gasteiger partial charge in [0.25, 0.3) is 11.5 Å². The molecule has 0 spiro atoms. The van der Waals surface area contributed by atoms with Gasteiger partial charge in [-0.15, -0.1) is 10.2 Å². The fourth-order valence-electron chi connectivity index (χ4n) is 5.16. The number of aryl methyl sites for hydroxylation is 1. The van der Waals surface area contributed by atoms with E-state index in [1.54, 1.807) is 16.8 Å². The number of thioether (sulfide) groups is 1. The first-order valence-electron chi connectivity index (χ1n) is 13.0. The van der Waals surface area contributed by atoms with E-state index in [1.165, 1.54) is 33.6 Å². The van der Waals surface area contributed by atoms with Crippen LogP contribution < -0.4 is 16.4 Å². The van der Waals surface area contributed by atoms with E-state index in [-0.39, 0.29) is 22.7 Å². The Morgan fingerprint density at radius 1 is 1.15 bits per heavy atom. The summed E-state index contributed by atoms with van der Waals surface area (Å²) >= 11 is 8.98. The lowest BCUT2D eigenvalue weighted by molar-refractivity contribution is 0.102. The smallest absolute Gasteiger partial charge is 0.267 e. The highest BCUT2D eigenvalue weighted by molar-refractivity contribution is 8.00. The number of carbonyl (C=O) groups is 1. The number of nitrogens with one attached hydrogen (secondary N) is 2. The van der Waals surface area contributed by atoms with E-state index in [1.807, 2.05) is 37.3 Å². The summed E-state index contributed by atoms with van der Waals surface area (Å²) in [6.45, 7) is 1.91. The Hall–Kier alpha value is -3.54. The lowest BCUT2D eigenvalue weighted by Gasteiger charge is -2.26. The summed E-state index contributed by atoms with van der Waals surface area (Å²) in [5.74, 6) is 0.110. The summed E-state index contributed by atoms with van der Waals surface area (Å²) in [6.07, 6.45) is 6.61. The van der Waals surface area contributed by atoms with Gasteiger partial charge < -0.3 is 4.57 Å². The quantitative estimate of drug-likeness (QED) is 0.142. The number of pyridine rings is 2. The van der Waals surface area contributed by atoms with Crippen LogP contribution in [-0.2, 0) is 5.75 Å². The zero-order valence-corrected chi connectivity index (χ0v) is 24.1. The normalized spacial score (nSPS) is 14.2. The van der Waals surface area contributed by atoms with Gasteiger partial charge in [0.05, 0.1) is 10.9 Å². The minimum Gasteiger partial charge on any atom is -0.307 e. The first kappa shape index (κ1) is 26.7. The molecule has 6 rings (SSSR count). The van der Waals surface area contributed by atoms with Crippen molar-refractivity contribution in [1.29, 1.82) is 5.41 Å². The van der Waals surface area contributed by atoms with Crippen LogP contribution in [0.3, 0.4) is 0 Å². The number of amides is 1. The minimum atomic E-state index is -0.510. The molecule has 9 nitrogen and oxygen atoms in total. The fraction of sp³-hybridized carbons (Fsp3) is 0.286. The second-order valence-electron chi connectivity index (χ2n) is 9.81. The molecule has 5 aromatic rings. The summed E-state index contributed by atoms with van der Waals surface area (Å²) in [7, 11) is 0. The van der Waals surface area contributed by atoms with Crippen molar-refractivity contribution in [3.63, 3.8) is 0 Å². The van der Waals surface area contributed by atoms with Gasteiger partial charge in [-0.1, -0.05) is 78.2 Å². The van der Waals surface area contributed by atoms with Crippen molar-refractivity contribution in [2.24, 2.45) is 0 Å². The van der Waals surface area contributed by atoms with Crippen LogP contribution in [-0.4, -0.2) is 30.1 Å². The molecule has 0 unspecified atom stereocenters. The number of benzene rings is 1. The van der Waals surface area contributed by atoms with Crippen LogP contribution in [0.5, 0.6) is 0 Å². The van der Waals surface area contributed by atoms with Crippen LogP contribution in [0.15, 0.2) is 57.8 Å². The molecule has 1 aromatic carbocycles. The van der Waals surface area contributed by atoms with Crippen molar-refractivity contribution in [3.05, 3.63) is 86.2 Å². The summed E-state index contributed by atoms with van der Waals surface area (Å²) in [5.41, 5.74) is 2.73. The van der Waals surface area contributed by atoms with Gasteiger partial charge in [-0.3, -0.25) is 24.7 Å². The molecular weight excluding hydrogens is 566 g/mol. The number of anilines is 1. The lowest BCUT2D eigenvalue weighted by atomic mass is 9.94. The highest BCUT2D eigenvalue weighted by Crippen LogP contribution is 2.31. The van der Waals surface area contributed by atoms with E-state index in [0.29, 0.717) is 36.9 Å². The average molecular weight is 592 g/mol. The SMILES string of the molecule is Cc1cccn2c(=O)c3cc(C(=O)Nc4nnc(SCc5ccccc5Cl)s4)c(=N)n(C4CCCCC4)c3nc12. The molecule has 2 N–H and O–H groups in total. The molecule has 12 heteroatoms. The maximum atomic E-state index is 13.6. The van der Waals surface area contributed by atoms with E-state index in [2.05, 4.69) is 15.5 Å². The third-order valence-corrected chi connectivity index (χ3v) is 9.59. The largest absolute Gasteiger partial charge is 0.307 e. The number of hydrogen-bond donors (Lipinski definition) is 2. The molecule has 204 valence electrons. The third kappa shape index (κ3) is 5.04. The van der Waals surface area contributed by atoms with E-state index in [0.717, 1.165) is 43.2 Å². The second-order valence-corrected chi connectivity index (χ2v) is 12.4. The zero-order valence-electron chi connectivity index (χ0n) is 21.7. The highest BCUT2D eigenvalue weighted by Gasteiger charge is 2.24. The Labute approximate surface area is 242 Å². The highest BCUT2D eigenvalue weighted by atomic mass is 35.5. The first-order valence-corrected chi connectivity index (χ1v) is 15.2. The average Bonchev–Trinajstić information content (AvgIpc) is 3.40. The number of hydrogen-bond acceptors (Lipinski definition) is 8. The first-order chi connectivity index (χ1) is 19.4. The van der Waals surface area contributed by atoms with E-state index >= 15 is 0 Å². The number of aromatic nitrogens is 5. The molecule has 1 aliphatic carbocycles. The molecule has 1 saturated carbocycles. The van der Waals surface area contributed by atoms with Gasteiger partial charge in [-0.2, -0.15) is 0 Å². The van der Waals surface area contributed by atoms with Gasteiger partial charge in [0.15, 0.2) is 4.34 Å². The van der Waals surface area contributed by atoms with Crippen molar-refractivity contribution < 1.29 is 4.79 Å². The van der Waals surface area contributed by atoms with Gasteiger partial charge in [0.2, 0.25) is 5.13 Å². The molecule has 0 bridgehead atoms. The number of halogens is 1. The van der Waals surface area contributed by atoms with Crippen molar-refractivity contribution in [1.82, 2.24) is 24.1 Å². The summed E-state index contributed by atoms with van der Waals surface area (Å²) < 4.78 is 3.98. The second kappa shape index (κ2) is 11.1. The summed E-state index contributed by atoms with van der Waals surface area (Å²) in [5, 5.41) is 21.5. The molecule has 1 aliphatic rings. The summed E-state index contributed by atoms with van der Waals surface area (Å²) in [6, 6.07) is 12.8. The lowest BCUT2D eigenvalue weighted by Crippen LogP contribution is -2.35. The Bertz CT molecular complexity index is 1870. The van der Waals surface area contributed by atoms with Crippen molar-refractivity contribution in [2.75, 3.05) is 5.32 Å². The van der Waals surface area contributed by atoms with Crippen LogP contribution in [0.2, 0.25) is 5.02 Å². The molecule has 1 amide bonds. The molecular formula is C28H26ClN7O2S2. The molecule has 0 radical (unpaired) electrons. The van der Waals surface area contributed by atoms with E-state index in [9.17, 15) is 9.59 Å². The van der Waals surface area contributed by atoms with Crippen LogP contribution in [0, 0.1) is 12.3 Å². The Morgan fingerprint density at radius 3 is 2.75 bits per heavy atom. The van der Waals surface area contributed by atoms with Crippen LogP contribution in [0.1, 0.15) is 59.6 Å². The standard InChI is InChI=1S/C28H26ClN7O2S2/c1-16-8-7-13-35-23(16)31-24-20(26(35)38)14-19(22(30)36(24)18-10-3-2-4-11-18)25(37)32-27-33-34-28(40-27)39-15-17-9-5-6-12-21(17)29/h5-9,12-14,18,30H,2-4,10-11,15H2,1H3,(H,32,33,37). The number of fused-ring (bicyclic) bond motifs is 2. The third-order valence-electron chi connectivity index (χ3n) is 7.20. The monoisotopic (exact) mass is 591 g/mol. The maximum absolute atomic E-state index is 13.6. The van der Waals surface area contributed by atoms with Crippen LogP contribution in [0.25, 0.3) is 16.7 Å². The maximum Gasteiger partial charge on any atom is 0.267 e. The summed E-state index contributed by atoms with van der Waals surface area (Å²) in [4.78, 5) is 32.0. The fourth-order valence-corrected chi connectivity index (χ4v) is 7.20. The van der Waals surface area contributed by atoms with Gasteiger partial charge in [0, 0.05) is 23.0 Å². The van der Waals surface area contributed by atoms with Crippen LogP contribution >= 0.6 is 34.7 Å². The van der Waals surface area contributed by atoms with E-state index < -0.39 is 5.91 Å². The van der Waals surface area contributed by atoms with Gasteiger partial charge in [0.1, 0.15) is 16.8 Å². The number of carbonyl (C=O) groups excluding carboxylic acids is 1. The predicted molar refractivity (Wildman–Crippen MR) is 159 cm³/mol. The minimum absolute atomic E-state index is 0.00999. The van der Waals surface area contributed by atoms with Crippen molar-refractivity contribution >= 4 is 62.4 Å². The van der Waals surface area contributed by atoms with E-state index in [4.69, 9.17) is 22.0 Å².